The summed E-state index contributed by atoms with van der Waals surface area (Å²) in [6, 6.07) is 7.51. The minimum absolute atomic E-state index is 0.274. The number of benzene rings is 1. The number of carbonyl (C=O) groups is 1. The molecule has 0 amide bonds. The van der Waals surface area contributed by atoms with E-state index in [0.29, 0.717) is 11.5 Å². The van der Waals surface area contributed by atoms with Crippen molar-refractivity contribution in [2.24, 2.45) is 5.92 Å². The van der Waals surface area contributed by atoms with Gasteiger partial charge in [-0.05, 0) is 37.0 Å². The first-order chi connectivity index (χ1) is 8.74. The van der Waals surface area contributed by atoms with Gasteiger partial charge in [-0.2, -0.15) is 0 Å². The lowest BCUT2D eigenvalue weighted by molar-refractivity contribution is 0.0601. The van der Waals surface area contributed by atoms with Gasteiger partial charge in [0.1, 0.15) is 0 Å². The van der Waals surface area contributed by atoms with Gasteiger partial charge in [0.25, 0.3) is 0 Å². The van der Waals surface area contributed by atoms with Crippen LogP contribution in [0.2, 0.25) is 0 Å². The van der Waals surface area contributed by atoms with E-state index in [-0.39, 0.29) is 12.6 Å². The Morgan fingerprint density at radius 1 is 1.44 bits per heavy atom. The van der Waals surface area contributed by atoms with Gasteiger partial charge in [-0.15, -0.1) is 0 Å². The zero-order chi connectivity index (χ0) is 13.0. The van der Waals surface area contributed by atoms with E-state index in [1.165, 1.54) is 7.11 Å². The molecule has 4 heteroatoms. The average molecular weight is 249 g/mol. The van der Waals surface area contributed by atoms with Crippen molar-refractivity contribution in [3.63, 3.8) is 0 Å². The maximum Gasteiger partial charge on any atom is 0.337 e. The molecule has 0 aromatic heterocycles. The number of piperidine rings is 1. The van der Waals surface area contributed by atoms with Crippen molar-refractivity contribution >= 4 is 11.7 Å². The molecule has 1 aromatic carbocycles. The third kappa shape index (κ3) is 2.82. The molecule has 4 nitrogen and oxygen atoms in total. The van der Waals surface area contributed by atoms with E-state index in [9.17, 15) is 4.79 Å². The molecule has 18 heavy (non-hydrogen) atoms. The van der Waals surface area contributed by atoms with Gasteiger partial charge in [0.2, 0.25) is 0 Å². The Kier molecular flexibility index (Phi) is 4.20. The van der Waals surface area contributed by atoms with Gasteiger partial charge in [0.05, 0.1) is 12.7 Å². The van der Waals surface area contributed by atoms with Crippen LogP contribution in [-0.4, -0.2) is 37.9 Å². The molecule has 0 atom stereocenters. The molecule has 0 saturated carbocycles. The van der Waals surface area contributed by atoms with Gasteiger partial charge in [-0.1, -0.05) is 6.07 Å². The van der Waals surface area contributed by atoms with Crippen LogP contribution in [0, 0.1) is 5.92 Å². The van der Waals surface area contributed by atoms with Crippen LogP contribution in [0.5, 0.6) is 0 Å². The van der Waals surface area contributed by atoms with Crippen molar-refractivity contribution in [2.45, 2.75) is 12.8 Å². The van der Waals surface area contributed by atoms with E-state index in [4.69, 9.17) is 9.84 Å². The number of methoxy groups -OCH3 is 1. The fourth-order valence-electron chi connectivity index (χ4n) is 2.32. The maximum absolute atomic E-state index is 11.5. The fourth-order valence-corrected chi connectivity index (χ4v) is 2.32. The molecule has 1 aromatic rings. The average Bonchev–Trinajstić information content (AvgIpc) is 2.46. The minimum atomic E-state index is -0.304. The normalized spacial score (nSPS) is 16.7. The molecule has 1 N–H and O–H groups in total. The highest BCUT2D eigenvalue weighted by Gasteiger charge is 2.19. The first kappa shape index (κ1) is 12.9. The zero-order valence-corrected chi connectivity index (χ0v) is 10.6. The molecular weight excluding hydrogens is 230 g/mol. The molecule has 1 fully saturated rings. The highest BCUT2D eigenvalue weighted by atomic mass is 16.5. The second kappa shape index (κ2) is 5.87. The highest BCUT2D eigenvalue weighted by molar-refractivity contribution is 5.90. The second-order valence-electron chi connectivity index (χ2n) is 4.65. The van der Waals surface area contributed by atoms with Crippen molar-refractivity contribution in [1.82, 2.24) is 0 Å². The number of hydrogen-bond donors (Lipinski definition) is 1. The lowest BCUT2D eigenvalue weighted by Crippen LogP contribution is -2.34. The summed E-state index contributed by atoms with van der Waals surface area (Å²) in [6.45, 7) is 2.13. The topological polar surface area (TPSA) is 49.8 Å². The summed E-state index contributed by atoms with van der Waals surface area (Å²) in [5.74, 6) is 0.118. The molecule has 98 valence electrons. The van der Waals surface area contributed by atoms with Crippen LogP contribution in [0.4, 0.5) is 5.69 Å². The second-order valence-corrected chi connectivity index (χ2v) is 4.65. The molecule has 2 rings (SSSR count). The number of rotatable bonds is 3. The molecule has 0 radical (unpaired) electrons. The molecule has 0 aliphatic carbocycles. The summed E-state index contributed by atoms with van der Waals surface area (Å²) >= 11 is 0. The summed E-state index contributed by atoms with van der Waals surface area (Å²) in [5, 5.41) is 9.12. The van der Waals surface area contributed by atoms with Crippen LogP contribution >= 0.6 is 0 Å². The number of nitrogens with zero attached hydrogens (tertiary/aromatic N) is 1. The molecule has 1 aliphatic rings. The van der Waals surface area contributed by atoms with Gasteiger partial charge in [0, 0.05) is 25.4 Å². The van der Waals surface area contributed by atoms with Crippen molar-refractivity contribution in [3.05, 3.63) is 29.8 Å². The molecule has 1 heterocycles. The Bertz CT molecular complexity index is 411. The van der Waals surface area contributed by atoms with E-state index in [1.807, 2.05) is 18.2 Å². The summed E-state index contributed by atoms with van der Waals surface area (Å²) < 4.78 is 4.72. The third-order valence-corrected chi connectivity index (χ3v) is 3.51. The summed E-state index contributed by atoms with van der Waals surface area (Å²) in [4.78, 5) is 13.7. The molecule has 0 bridgehead atoms. The van der Waals surface area contributed by atoms with E-state index < -0.39 is 0 Å². The van der Waals surface area contributed by atoms with Crippen LogP contribution in [0.1, 0.15) is 23.2 Å². The van der Waals surface area contributed by atoms with E-state index >= 15 is 0 Å². The Hall–Kier alpha value is -1.55. The van der Waals surface area contributed by atoms with Crippen molar-refractivity contribution < 1.29 is 14.6 Å². The van der Waals surface area contributed by atoms with Crippen LogP contribution in [0.3, 0.4) is 0 Å². The van der Waals surface area contributed by atoms with Gasteiger partial charge in [-0.3, -0.25) is 0 Å². The monoisotopic (exact) mass is 249 g/mol. The summed E-state index contributed by atoms with van der Waals surface area (Å²) in [5.41, 5.74) is 1.63. The Labute approximate surface area is 107 Å². The van der Waals surface area contributed by atoms with E-state index in [0.717, 1.165) is 31.6 Å². The SMILES string of the molecule is COC(=O)c1cccc(N2CCC(CO)CC2)c1. The van der Waals surface area contributed by atoms with Crippen molar-refractivity contribution in [1.29, 1.82) is 0 Å². The van der Waals surface area contributed by atoms with Gasteiger partial charge in [-0.25, -0.2) is 4.79 Å². The Balaban J connectivity index is 2.07. The maximum atomic E-state index is 11.5. The first-order valence-corrected chi connectivity index (χ1v) is 6.28. The number of carbonyl (C=O) groups excluding carboxylic acids is 1. The third-order valence-electron chi connectivity index (χ3n) is 3.51. The Morgan fingerprint density at radius 2 is 2.17 bits per heavy atom. The van der Waals surface area contributed by atoms with Crippen LogP contribution < -0.4 is 4.90 Å². The van der Waals surface area contributed by atoms with E-state index in [2.05, 4.69) is 4.90 Å². The predicted octanol–water partition coefficient (Wildman–Crippen LogP) is 1.68. The predicted molar refractivity (Wildman–Crippen MR) is 69.8 cm³/mol. The lowest BCUT2D eigenvalue weighted by atomic mass is 9.97. The quantitative estimate of drug-likeness (QED) is 0.828. The number of esters is 1. The largest absolute Gasteiger partial charge is 0.465 e. The Morgan fingerprint density at radius 3 is 2.78 bits per heavy atom. The molecular formula is C14H19NO3. The van der Waals surface area contributed by atoms with Gasteiger partial charge in [0.15, 0.2) is 0 Å². The first-order valence-electron chi connectivity index (χ1n) is 6.28. The van der Waals surface area contributed by atoms with Crippen LogP contribution in [0.15, 0.2) is 24.3 Å². The standard InChI is InChI=1S/C14H19NO3/c1-18-14(17)12-3-2-4-13(9-12)15-7-5-11(10-16)6-8-15/h2-4,9,11,16H,5-8,10H2,1H3. The minimum Gasteiger partial charge on any atom is -0.465 e. The highest BCUT2D eigenvalue weighted by Crippen LogP contribution is 2.23. The summed E-state index contributed by atoms with van der Waals surface area (Å²) in [7, 11) is 1.39. The molecule has 1 aliphatic heterocycles. The van der Waals surface area contributed by atoms with Crippen molar-refractivity contribution in [3.8, 4) is 0 Å². The van der Waals surface area contributed by atoms with E-state index in [1.54, 1.807) is 6.07 Å². The number of aliphatic hydroxyl groups excluding tert-OH is 1. The fraction of sp³-hybridized carbons (Fsp3) is 0.500. The smallest absolute Gasteiger partial charge is 0.337 e. The molecule has 0 spiro atoms. The molecule has 1 saturated heterocycles. The number of anilines is 1. The zero-order valence-electron chi connectivity index (χ0n) is 10.6. The molecule has 0 unspecified atom stereocenters. The van der Waals surface area contributed by atoms with Crippen LogP contribution in [0.25, 0.3) is 0 Å². The summed E-state index contributed by atoms with van der Waals surface area (Å²) in [6.07, 6.45) is 2.00. The van der Waals surface area contributed by atoms with Gasteiger partial charge < -0.3 is 14.7 Å². The van der Waals surface area contributed by atoms with Crippen LogP contribution in [-0.2, 0) is 4.74 Å². The van der Waals surface area contributed by atoms with Crippen molar-refractivity contribution in [2.75, 3.05) is 31.7 Å². The number of ether oxygens (including phenoxy) is 1. The lowest BCUT2D eigenvalue weighted by Gasteiger charge is -2.33. The van der Waals surface area contributed by atoms with Gasteiger partial charge >= 0.3 is 5.97 Å². The number of hydrogen-bond acceptors (Lipinski definition) is 4. The number of aliphatic hydroxyl groups is 1.